The highest BCUT2D eigenvalue weighted by atomic mass is 32.2. The summed E-state index contributed by atoms with van der Waals surface area (Å²) in [7, 11) is -3.10. The Morgan fingerprint density at radius 1 is 1.21 bits per heavy atom. The smallest absolute Gasteiger partial charge is 0.343 e. The summed E-state index contributed by atoms with van der Waals surface area (Å²) >= 11 is 0. The van der Waals surface area contributed by atoms with Crippen molar-refractivity contribution in [3.8, 4) is 5.75 Å². The zero-order valence-electron chi connectivity index (χ0n) is 17.7. The molecule has 1 amide bonds. The lowest BCUT2D eigenvalue weighted by atomic mass is 9.88. The van der Waals surface area contributed by atoms with Crippen LogP contribution in [0.3, 0.4) is 0 Å². The maximum atomic E-state index is 13.4. The fourth-order valence-electron chi connectivity index (χ4n) is 3.42. The molecule has 0 bridgehead atoms. The van der Waals surface area contributed by atoms with Gasteiger partial charge >= 0.3 is 5.97 Å². The van der Waals surface area contributed by atoms with Gasteiger partial charge in [-0.3, -0.25) is 9.59 Å². The molecule has 3 aromatic rings. The van der Waals surface area contributed by atoms with Crippen molar-refractivity contribution in [1.29, 1.82) is 0 Å². The number of nitrogens with two attached hydrogens (primary N) is 1. The number of amides is 1. The molecule has 0 fully saturated rings. The summed E-state index contributed by atoms with van der Waals surface area (Å²) in [5.74, 6) is -3.88. The lowest BCUT2D eigenvalue weighted by molar-refractivity contribution is -0.118. The first-order chi connectivity index (χ1) is 15.6. The molecule has 0 aliphatic carbocycles. The van der Waals surface area contributed by atoms with Crippen LogP contribution in [-0.4, -0.2) is 42.5 Å². The standard InChI is InChI=1S/C22H21N3O7S/c1-12-5-7-13(8-6-12)33(30,31)21-14(4-3-9-24-21)15(10-17(23)26)18-19(27)16(22(29)32-2)11-25-20(18)28/h3-9,11,15H,10H2,1-2H3,(H2,23,26)(H2,25,27,28)/t15-/m0/s1. The van der Waals surface area contributed by atoms with Crippen LogP contribution in [0.4, 0.5) is 0 Å². The Morgan fingerprint density at radius 3 is 2.48 bits per heavy atom. The number of carbonyl (C=O) groups is 2. The number of aromatic hydroxyl groups is 1. The van der Waals surface area contributed by atoms with Crippen molar-refractivity contribution in [2.45, 2.75) is 29.2 Å². The Morgan fingerprint density at radius 2 is 1.88 bits per heavy atom. The number of hydrogen-bond acceptors (Lipinski definition) is 8. The molecule has 0 radical (unpaired) electrons. The van der Waals surface area contributed by atoms with Gasteiger partial charge in [0.15, 0.2) is 5.03 Å². The molecular weight excluding hydrogens is 450 g/mol. The highest BCUT2D eigenvalue weighted by molar-refractivity contribution is 7.91. The number of nitrogens with zero attached hydrogens (tertiary/aromatic N) is 1. The highest BCUT2D eigenvalue weighted by Crippen LogP contribution is 2.37. The van der Waals surface area contributed by atoms with Gasteiger partial charge in [0.25, 0.3) is 5.56 Å². The molecule has 0 saturated carbocycles. The molecule has 172 valence electrons. The Bertz CT molecular complexity index is 1380. The van der Waals surface area contributed by atoms with E-state index in [1.807, 2.05) is 0 Å². The van der Waals surface area contributed by atoms with E-state index in [0.29, 0.717) is 0 Å². The van der Waals surface area contributed by atoms with Gasteiger partial charge in [-0.25, -0.2) is 18.2 Å². The van der Waals surface area contributed by atoms with Gasteiger partial charge in [0, 0.05) is 24.7 Å². The fourth-order valence-corrected chi connectivity index (χ4v) is 4.85. The Kier molecular flexibility index (Phi) is 6.63. The quantitative estimate of drug-likeness (QED) is 0.434. The minimum Gasteiger partial charge on any atom is -0.506 e. The number of benzene rings is 1. The van der Waals surface area contributed by atoms with Gasteiger partial charge in [0.2, 0.25) is 15.7 Å². The van der Waals surface area contributed by atoms with Crippen LogP contribution in [0.5, 0.6) is 5.75 Å². The van der Waals surface area contributed by atoms with Crippen LogP contribution in [-0.2, 0) is 19.4 Å². The number of pyridine rings is 2. The number of rotatable bonds is 7. The molecule has 2 heterocycles. The molecule has 0 aliphatic heterocycles. The number of hydrogen-bond donors (Lipinski definition) is 3. The number of methoxy groups -OCH3 is 1. The number of carbonyl (C=O) groups excluding carboxylic acids is 2. The fraction of sp³-hybridized carbons (Fsp3) is 0.182. The predicted molar refractivity (Wildman–Crippen MR) is 117 cm³/mol. The van der Waals surface area contributed by atoms with E-state index in [1.165, 1.54) is 30.5 Å². The molecule has 10 nitrogen and oxygen atoms in total. The number of H-pyrrole nitrogens is 1. The van der Waals surface area contributed by atoms with E-state index in [9.17, 15) is 27.9 Å². The second-order valence-corrected chi connectivity index (χ2v) is 9.09. The van der Waals surface area contributed by atoms with Gasteiger partial charge in [-0.05, 0) is 30.7 Å². The second-order valence-electron chi connectivity index (χ2n) is 7.22. The van der Waals surface area contributed by atoms with Crippen molar-refractivity contribution in [2.24, 2.45) is 5.73 Å². The third-order valence-electron chi connectivity index (χ3n) is 5.02. The zero-order chi connectivity index (χ0) is 24.3. The summed E-state index contributed by atoms with van der Waals surface area (Å²) in [4.78, 5) is 42.8. The molecule has 2 aromatic heterocycles. The topological polar surface area (TPSA) is 170 Å². The predicted octanol–water partition coefficient (Wildman–Crippen LogP) is 1.41. The maximum Gasteiger partial charge on any atom is 0.343 e. The van der Waals surface area contributed by atoms with Crippen LogP contribution >= 0.6 is 0 Å². The third kappa shape index (κ3) is 4.62. The van der Waals surface area contributed by atoms with Crippen LogP contribution in [0.25, 0.3) is 0 Å². The maximum absolute atomic E-state index is 13.4. The van der Waals surface area contributed by atoms with Gasteiger partial charge in [-0.2, -0.15) is 0 Å². The van der Waals surface area contributed by atoms with Crippen molar-refractivity contribution >= 4 is 21.7 Å². The van der Waals surface area contributed by atoms with Gasteiger partial charge in [0.05, 0.1) is 17.6 Å². The number of primary amides is 1. The summed E-state index contributed by atoms with van der Waals surface area (Å²) in [5, 5.41) is 10.3. The van der Waals surface area contributed by atoms with Crippen LogP contribution in [0.15, 0.2) is 63.5 Å². The van der Waals surface area contributed by atoms with E-state index in [1.54, 1.807) is 19.1 Å². The number of aryl methyl sites for hydroxylation is 1. The van der Waals surface area contributed by atoms with E-state index < -0.39 is 56.0 Å². The summed E-state index contributed by atoms with van der Waals surface area (Å²) in [6.45, 7) is 1.80. The van der Waals surface area contributed by atoms with Crippen molar-refractivity contribution < 1.29 is 27.9 Å². The second kappa shape index (κ2) is 9.25. The number of sulfone groups is 1. The monoisotopic (exact) mass is 471 g/mol. The van der Waals surface area contributed by atoms with Crippen molar-refractivity contribution in [1.82, 2.24) is 9.97 Å². The van der Waals surface area contributed by atoms with E-state index >= 15 is 0 Å². The van der Waals surface area contributed by atoms with Gasteiger partial charge in [0.1, 0.15) is 11.3 Å². The Hall–Kier alpha value is -3.99. The Balaban J connectivity index is 2.30. The normalized spacial score (nSPS) is 12.2. The summed E-state index contributed by atoms with van der Waals surface area (Å²) in [5.41, 5.74) is 4.57. The number of aromatic nitrogens is 2. The average Bonchev–Trinajstić information content (AvgIpc) is 2.78. The molecule has 11 heteroatoms. The van der Waals surface area contributed by atoms with E-state index in [-0.39, 0.29) is 16.0 Å². The zero-order valence-corrected chi connectivity index (χ0v) is 18.5. The van der Waals surface area contributed by atoms with E-state index in [4.69, 9.17) is 5.73 Å². The minimum absolute atomic E-state index is 0.0420. The Labute approximate surface area is 189 Å². The van der Waals surface area contributed by atoms with E-state index in [2.05, 4.69) is 14.7 Å². The number of nitrogens with one attached hydrogen (secondary N) is 1. The van der Waals surface area contributed by atoms with Crippen molar-refractivity contribution in [3.05, 3.63) is 81.4 Å². The largest absolute Gasteiger partial charge is 0.506 e. The molecular formula is C22H21N3O7S. The molecule has 0 spiro atoms. The summed E-state index contributed by atoms with van der Waals surface area (Å²) in [6.07, 6.45) is 1.67. The third-order valence-corrected chi connectivity index (χ3v) is 6.77. The molecule has 1 atom stereocenters. The molecule has 33 heavy (non-hydrogen) atoms. The molecule has 0 unspecified atom stereocenters. The van der Waals surface area contributed by atoms with Crippen LogP contribution in [0.1, 0.15) is 39.4 Å². The minimum atomic E-state index is -4.18. The molecule has 0 aliphatic rings. The van der Waals surface area contributed by atoms with E-state index in [0.717, 1.165) is 18.9 Å². The summed E-state index contributed by atoms with van der Waals surface area (Å²) in [6, 6.07) is 8.85. The van der Waals surface area contributed by atoms with Gasteiger partial charge in [-0.15, -0.1) is 0 Å². The molecule has 1 aromatic carbocycles. The first-order valence-corrected chi connectivity index (χ1v) is 11.1. The number of esters is 1. The van der Waals surface area contributed by atoms with Gasteiger partial charge < -0.3 is 20.6 Å². The number of aromatic amines is 1. The lowest BCUT2D eigenvalue weighted by Crippen LogP contribution is -2.25. The van der Waals surface area contributed by atoms with Crippen molar-refractivity contribution in [2.75, 3.05) is 7.11 Å². The van der Waals surface area contributed by atoms with Crippen molar-refractivity contribution in [3.63, 3.8) is 0 Å². The first-order valence-electron chi connectivity index (χ1n) is 9.65. The number of ether oxygens (including phenoxy) is 1. The average molecular weight is 471 g/mol. The van der Waals surface area contributed by atoms with Gasteiger partial charge in [-0.1, -0.05) is 23.8 Å². The molecule has 0 saturated heterocycles. The van der Waals surface area contributed by atoms with Crippen LogP contribution in [0, 0.1) is 6.92 Å². The molecule has 4 N–H and O–H groups in total. The van der Waals surface area contributed by atoms with Crippen LogP contribution < -0.4 is 11.3 Å². The molecule has 3 rings (SSSR count). The lowest BCUT2D eigenvalue weighted by Gasteiger charge is -2.20. The SMILES string of the molecule is COC(=O)c1c[nH]c(=O)c([C@@H](CC(N)=O)c2cccnc2S(=O)(=O)c2ccc(C)cc2)c1O. The first kappa shape index (κ1) is 23.7. The highest BCUT2D eigenvalue weighted by Gasteiger charge is 2.33. The summed E-state index contributed by atoms with van der Waals surface area (Å²) < 4.78 is 31.4. The van der Waals surface area contributed by atoms with Crippen LogP contribution in [0.2, 0.25) is 0 Å².